The van der Waals surface area contributed by atoms with Crippen molar-refractivity contribution in [2.24, 2.45) is 0 Å². The lowest BCUT2D eigenvalue weighted by Crippen LogP contribution is -2.48. The molecule has 0 spiro atoms. The van der Waals surface area contributed by atoms with Gasteiger partial charge in [-0.1, -0.05) is 0 Å². The van der Waals surface area contributed by atoms with Crippen molar-refractivity contribution in [3.63, 3.8) is 0 Å². The van der Waals surface area contributed by atoms with Crippen molar-refractivity contribution in [2.45, 2.75) is 45.3 Å². The molecule has 1 aromatic carbocycles. The topological polar surface area (TPSA) is 108 Å². The highest BCUT2D eigenvalue weighted by molar-refractivity contribution is 5.91. The molecule has 0 aromatic heterocycles. The SMILES string of the molecule is CC(C)(C)OC(=O)N1CCC(NC(=O)Nc2ccc(C(=O)O)cc2)CC1. The fraction of sp³-hybridized carbons (Fsp3) is 0.500. The van der Waals surface area contributed by atoms with Crippen LogP contribution in [0.5, 0.6) is 0 Å². The van der Waals surface area contributed by atoms with Crippen LogP contribution in [-0.2, 0) is 4.74 Å². The van der Waals surface area contributed by atoms with Crippen LogP contribution < -0.4 is 10.6 Å². The predicted molar refractivity (Wildman–Crippen MR) is 96.4 cm³/mol. The number of nitrogens with one attached hydrogen (secondary N) is 2. The van der Waals surface area contributed by atoms with Crippen LogP contribution in [0.25, 0.3) is 0 Å². The monoisotopic (exact) mass is 363 g/mol. The molecule has 0 radical (unpaired) electrons. The van der Waals surface area contributed by atoms with Crippen molar-refractivity contribution >= 4 is 23.8 Å². The number of likely N-dealkylation sites (tertiary alicyclic amines) is 1. The zero-order valence-corrected chi connectivity index (χ0v) is 15.2. The molecule has 1 aliphatic rings. The van der Waals surface area contributed by atoms with E-state index in [4.69, 9.17) is 9.84 Å². The number of hydrogen-bond acceptors (Lipinski definition) is 4. The van der Waals surface area contributed by atoms with Crippen LogP contribution in [0.4, 0.5) is 15.3 Å². The molecular weight excluding hydrogens is 338 g/mol. The van der Waals surface area contributed by atoms with Gasteiger partial charge in [0, 0.05) is 24.8 Å². The highest BCUT2D eigenvalue weighted by Gasteiger charge is 2.27. The number of carboxylic acids is 1. The van der Waals surface area contributed by atoms with Gasteiger partial charge in [0.15, 0.2) is 0 Å². The maximum Gasteiger partial charge on any atom is 0.410 e. The maximum atomic E-state index is 12.1. The predicted octanol–water partition coefficient (Wildman–Crippen LogP) is 2.91. The molecule has 142 valence electrons. The third-order valence-corrected chi connectivity index (χ3v) is 3.87. The van der Waals surface area contributed by atoms with Crippen molar-refractivity contribution in [2.75, 3.05) is 18.4 Å². The van der Waals surface area contributed by atoms with Gasteiger partial charge in [0.05, 0.1) is 5.56 Å². The van der Waals surface area contributed by atoms with Crippen LogP contribution in [0.3, 0.4) is 0 Å². The van der Waals surface area contributed by atoms with E-state index in [0.717, 1.165) is 0 Å². The summed E-state index contributed by atoms with van der Waals surface area (Å²) in [6, 6.07) is 5.53. The lowest BCUT2D eigenvalue weighted by atomic mass is 10.1. The van der Waals surface area contributed by atoms with Crippen LogP contribution in [-0.4, -0.2) is 52.8 Å². The molecule has 0 aliphatic carbocycles. The smallest absolute Gasteiger partial charge is 0.410 e. The molecule has 1 aliphatic heterocycles. The minimum Gasteiger partial charge on any atom is -0.478 e. The summed E-state index contributed by atoms with van der Waals surface area (Å²) < 4.78 is 5.34. The summed E-state index contributed by atoms with van der Waals surface area (Å²) in [6.45, 7) is 6.52. The Bertz CT molecular complexity index is 658. The first kappa shape index (κ1) is 19.6. The molecular formula is C18H25N3O5. The van der Waals surface area contributed by atoms with Gasteiger partial charge in [-0.2, -0.15) is 0 Å². The Kier molecular flexibility index (Phi) is 6.07. The molecule has 8 heteroatoms. The summed E-state index contributed by atoms with van der Waals surface area (Å²) in [6.07, 6.45) is 0.953. The Morgan fingerprint density at radius 2 is 1.69 bits per heavy atom. The van der Waals surface area contributed by atoms with Gasteiger partial charge < -0.3 is 25.4 Å². The summed E-state index contributed by atoms with van der Waals surface area (Å²) in [5, 5.41) is 14.4. The van der Waals surface area contributed by atoms with Gasteiger partial charge in [-0.15, -0.1) is 0 Å². The molecule has 3 N–H and O–H groups in total. The van der Waals surface area contributed by atoms with Crippen molar-refractivity contribution in [1.29, 1.82) is 0 Å². The van der Waals surface area contributed by atoms with E-state index >= 15 is 0 Å². The molecule has 0 atom stereocenters. The van der Waals surface area contributed by atoms with E-state index in [-0.39, 0.29) is 23.7 Å². The first-order chi connectivity index (χ1) is 12.1. The minimum absolute atomic E-state index is 0.0352. The van der Waals surface area contributed by atoms with Gasteiger partial charge in [-0.05, 0) is 57.9 Å². The van der Waals surface area contributed by atoms with E-state index in [0.29, 0.717) is 31.6 Å². The summed E-state index contributed by atoms with van der Waals surface area (Å²) in [5.74, 6) is -1.02. The number of anilines is 1. The van der Waals surface area contributed by atoms with Crippen molar-refractivity contribution in [3.8, 4) is 0 Å². The van der Waals surface area contributed by atoms with Crippen LogP contribution in [0.2, 0.25) is 0 Å². The van der Waals surface area contributed by atoms with Crippen LogP contribution >= 0.6 is 0 Å². The number of piperidine rings is 1. The van der Waals surface area contributed by atoms with E-state index in [9.17, 15) is 14.4 Å². The summed E-state index contributed by atoms with van der Waals surface area (Å²) in [7, 11) is 0. The molecule has 26 heavy (non-hydrogen) atoms. The van der Waals surface area contributed by atoms with Gasteiger partial charge in [-0.3, -0.25) is 0 Å². The molecule has 1 heterocycles. The highest BCUT2D eigenvalue weighted by Crippen LogP contribution is 2.16. The standard InChI is InChI=1S/C18H25N3O5/c1-18(2,3)26-17(25)21-10-8-14(9-11-21)20-16(24)19-13-6-4-12(5-7-13)15(22)23/h4-7,14H,8-11H2,1-3H3,(H,22,23)(H2,19,20,24). The normalized spacial score (nSPS) is 15.3. The number of rotatable bonds is 3. The fourth-order valence-corrected chi connectivity index (χ4v) is 2.58. The van der Waals surface area contributed by atoms with E-state index in [1.807, 2.05) is 20.8 Å². The van der Waals surface area contributed by atoms with Gasteiger partial charge in [0.2, 0.25) is 0 Å². The number of benzene rings is 1. The molecule has 8 nitrogen and oxygen atoms in total. The molecule has 1 saturated heterocycles. The second-order valence-electron chi connectivity index (χ2n) is 7.22. The largest absolute Gasteiger partial charge is 0.478 e. The highest BCUT2D eigenvalue weighted by atomic mass is 16.6. The Morgan fingerprint density at radius 1 is 1.12 bits per heavy atom. The molecule has 0 unspecified atom stereocenters. The first-order valence-electron chi connectivity index (χ1n) is 8.53. The van der Waals surface area contributed by atoms with Gasteiger partial charge >= 0.3 is 18.1 Å². The lowest BCUT2D eigenvalue weighted by molar-refractivity contribution is 0.0201. The van der Waals surface area contributed by atoms with Crippen molar-refractivity contribution < 1.29 is 24.2 Å². The number of ether oxygens (including phenoxy) is 1. The Balaban J connectivity index is 1.77. The quantitative estimate of drug-likeness (QED) is 0.765. The third-order valence-electron chi connectivity index (χ3n) is 3.87. The lowest BCUT2D eigenvalue weighted by Gasteiger charge is -2.33. The summed E-state index contributed by atoms with van der Waals surface area (Å²) in [4.78, 5) is 36.5. The van der Waals surface area contributed by atoms with Crippen molar-refractivity contribution in [1.82, 2.24) is 10.2 Å². The Labute approximate surface area is 152 Å². The van der Waals surface area contributed by atoms with Crippen LogP contribution in [0.1, 0.15) is 44.0 Å². The number of carboxylic acid groups (broad SMARTS) is 1. The number of urea groups is 1. The van der Waals surface area contributed by atoms with Gasteiger partial charge in [-0.25, -0.2) is 14.4 Å². The summed E-state index contributed by atoms with van der Waals surface area (Å²) >= 11 is 0. The molecule has 0 bridgehead atoms. The number of amides is 3. The average Bonchev–Trinajstić information content (AvgIpc) is 2.54. The summed E-state index contributed by atoms with van der Waals surface area (Å²) in [5.41, 5.74) is 0.145. The first-order valence-corrected chi connectivity index (χ1v) is 8.53. The van der Waals surface area contributed by atoms with Crippen LogP contribution in [0, 0.1) is 0 Å². The average molecular weight is 363 g/mol. The number of carbonyl (C=O) groups excluding carboxylic acids is 2. The second kappa shape index (κ2) is 8.07. The molecule has 0 saturated carbocycles. The number of nitrogens with zero attached hydrogens (tertiary/aromatic N) is 1. The van der Waals surface area contributed by atoms with Gasteiger partial charge in [0.1, 0.15) is 5.60 Å². The third kappa shape index (κ3) is 5.94. The fourth-order valence-electron chi connectivity index (χ4n) is 2.58. The van der Waals surface area contributed by atoms with E-state index < -0.39 is 11.6 Å². The molecule has 1 fully saturated rings. The van der Waals surface area contributed by atoms with Gasteiger partial charge in [0.25, 0.3) is 0 Å². The molecule has 1 aromatic rings. The zero-order valence-electron chi connectivity index (χ0n) is 15.2. The van der Waals surface area contributed by atoms with E-state index in [2.05, 4.69) is 10.6 Å². The second-order valence-corrected chi connectivity index (χ2v) is 7.22. The maximum absolute atomic E-state index is 12.1. The molecule has 3 amide bonds. The Hall–Kier alpha value is -2.77. The zero-order chi connectivity index (χ0) is 19.3. The number of aromatic carboxylic acids is 1. The van der Waals surface area contributed by atoms with E-state index in [1.54, 1.807) is 4.90 Å². The molecule has 2 rings (SSSR count). The Morgan fingerprint density at radius 3 is 2.19 bits per heavy atom. The minimum atomic E-state index is -1.02. The van der Waals surface area contributed by atoms with Crippen LogP contribution in [0.15, 0.2) is 24.3 Å². The van der Waals surface area contributed by atoms with Crippen molar-refractivity contribution in [3.05, 3.63) is 29.8 Å². The number of hydrogen-bond donors (Lipinski definition) is 3. The van der Waals surface area contributed by atoms with E-state index in [1.165, 1.54) is 24.3 Å². The number of carbonyl (C=O) groups is 3.